The molecule has 0 saturated carbocycles. The number of thiazole rings is 1. The average Bonchev–Trinajstić information content (AvgIpc) is 3.16. The van der Waals surface area contributed by atoms with E-state index < -0.39 is 0 Å². The molecule has 0 unspecified atom stereocenters. The number of aromatic nitrogens is 1. The number of methoxy groups -OCH3 is 1. The summed E-state index contributed by atoms with van der Waals surface area (Å²) in [5.74, 6) is 0.476. The first-order valence-corrected chi connectivity index (χ1v) is 11.1. The zero-order valence-corrected chi connectivity index (χ0v) is 19.4. The van der Waals surface area contributed by atoms with Gasteiger partial charge in [-0.3, -0.25) is 9.69 Å². The van der Waals surface area contributed by atoms with Gasteiger partial charge in [0.15, 0.2) is 5.13 Å². The fourth-order valence-electron chi connectivity index (χ4n) is 3.76. The minimum atomic E-state index is -0.0992. The van der Waals surface area contributed by atoms with Gasteiger partial charge in [-0.15, -0.1) is 0 Å². The largest absolute Gasteiger partial charge is 0.496 e. The molecular weight excluding hydrogens is 406 g/mol. The number of nitrogens with zero attached hydrogens (tertiary/aromatic N) is 3. The van der Waals surface area contributed by atoms with E-state index in [0.29, 0.717) is 23.0 Å². The summed E-state index contributed by atoms with van der Waals surface area (Å²) < 4.78 is 6.70. The number of benzene rings is 3. The van der Waals surface area contributed by atoms with Gasteiger partial charge in [0.2, 0.25) is 0 Å². The molecule has 5 nitrogen and oxygen atoms in total. The Morgan fingerprint density at radius 3 is 2.42 bits per heavy atom. The number of carbonyl (C=O) groups excluding carboxylic acids is 1. The lowest BCUT2D eigenvalue weighted by Gasteiger charge is -2.23. The molecule has 0 aliphatic rings. The Labute approximate surface area is 186 Å². The number of rotatable bonds is 6. The zero-order chi connectivity index (χ0) is 22.1. The van der Waals surface area contributed by atoms with E-state index >= 15 is 0 Å². The lowest BCUT2D eigenvalue weighted by Crippen LogP contribution is -2.37. The highest BCUT2D eigenvalue weighted by atomic mass is 32.1. The van der Waals surface area contributed by atoms with Crippen molar-refractivity contribution in [2.45, 2.75) is 13.8 Å². The lowest BCUT2D eigenvalue weighted by molar-refractivity contribution is 0.0982. The topological polar surface area (TPSA) is 45.7 Å². The van der Waals surface area contributed by atoms with Crippen molar-refractivity contribution in [1.29, 1.82) is 0 Å². The number of ether oxygens (including phenoxy) is 1. The fraction of sp³-hybridized carbons (Fsp3) is 0.280. The maximum atomic E-state index is 13.8. The molecular formula is C25H27N3O2S. The molecule has 4 rings (SSSR count). The van der Waals surface area contributed by atoms with Gasteiger partial charge in [-0.1, -0.05) is 41.7 Å². The number of amides is 1. The van der Waals surface area contributed by atoms with Gasteiger partial charge in [0, 0.05) is 13.1 Å². The Kier molecular flexibility index (Phi) is 5.94. The van der Waals surface area contributed by atoms with E-state index in [-0.39, 0.29) is 5.91 Å². The first-order chi connectivity index (χ1) is 14.9. The second-order valence-corrected chi connectivity index (χ2v) is 9.09. The second kappa shape index (κ2) is 8.65. The maximum absolute atomic E-state index is 13.8. The summed E-state index contributed by atoms with van der Waals surface area (Å²) in [6.07, 6.45) is 0. The molecule has 3 aromatic carbocycles. The maximum Gasteiger partial charge on any atom is 0.263 e. The minimum absolute atomic E-state index is 0.0992. The predicted octanol–water partition coefficient (Wildman–Crippen LogP) is 5.28. The van der Waals surface area contributed by atoms with E-state index in [9.17, 15) is 4.79 Å². The third-order valence-electron chi connectivity index (χ3n) is 5.36. The Balaban J connectivity index is 1.82. The summed E-state index contributed by atoms with van der Waals surface area (Å²) in [6, 6.07) is 16.1. The lowest BCUT2D eigenvalue weighted by atomic mass is 10.0. The number of hydrogen-bond acceptors (Lipinski definition) is 5. The smallest absolute Gasteiger partial charge is 0.263 e. The van der Waals surface area contributed by atoms with Crippen molar-refractivity contribution in [3.05, 3.63) is 65.2 Å². The van der Waals surface area contributed by atoms with Gasteiger partial charge in [-0.25, -0.2) is 4.98 Å². The summed E-state index contributed by atoms with van der Waals surface area (Å²) in [6.45, 7) is 5.42. The molecule has 0 N–H and O–H groups in total. The van der Waals surface area contributed by atoms with Crippen LogP contribution >= 0.6 is 11.3 Å². The number of carbonyl (C=O) groups is 1. The summed E-state index contributed by atoms with van der Waals surface area (Å²) in [5.41, 5.74) is 3.83. The van der Waals surface area contributed by atoms with E-state index in [1.807, 2.05) is 50.5 Å². The monoisotopic (exact) mass is 433 g/mol. The van der Waals surface area contributed by atoms with E-state index in [1.165, 1.54) is 5.56 Å². The summed E-state index contributed by atoms with van der Waals surface area (Å²) in [5, 5.41) is 2.77. The van der Waals surface area contributed by atoms with Crippen LogP contribution < -0.4 is 9.64 Å². The van der Waals surface area contributed by atoms with Crippen LogP contribution in [0.5, 0.6) is 5.75 Å². The molecule has 160 valence electrons. The van der Waals surface area contributed by atoms with E-state index in [1.54, 1.807) is 23.3 Å². The molecule has 1 aromatic heterocycles. The van der Waals surface area contributed by atoms with Crippen LogP contribution in [0, 0.1) is 13.8 Å². The molecule has 0 bridgehead atoms. The van der Waals surface area contributed by atoms with Gasteiger partial charge in [-0.2, -0.15) is 0 Å². The van der Waals surface area contributed by atoms with Crippen molar-refractivity contribution in [3.63, 3.8) is 0 Å². The van der Waals surface area contributed by atoms with E-state index in [4.69, 9.17) is 9.72 Å². The van der Waals surface area contributed by atoms with Crippen molar-refractivity contribution >= 4 is 43.4 Å². The molecule has 0 spiro atoms. The highest BCUT2D eigenvalue weighted by Gasteiger charge is 2.25. The van der Waals surface area contributed by atoms with Crippen molar-refractivity contribution in [2.24, 2.45) is 0 Å². The van der Waals surface area contributed by atoms with Gasteiger partial charge >= 0.3 is 0 Å². The first-order valence-electron chi connectivity index (χ1n) is 10.3. The molecule has 6 heteroatoms. The number of likely N-dealkylation sites (N-methyl/N-ethyl adjacent to an activating group) is 1. The molecule has 0 aliphatic carbocycles. The summed E-state index contributed by atoms with van der Waals surface area (Å²) in [4.78, 5) is 22.5. The van der Waals surface area contributed by atoms with Crippen LogP contribution in [0.3, 0.4) is 0 Å². The molecule has 0 radical (unpaired) electrons. The third-order valence-corrected chi connectivity index (χ3v) is 6.39. The van der Waals surface area contributed by atoms with Gasteiger partial charge in [0.05, 0.1) is 22.9 Å². The SMILES string of the molecule is COc1cc2ccccc2cc1C(=O)N(CCN(C)C)c1nc2c(C)cc(C)cc2s1. The van der Waals surface area contributed by atoms with Crippen LogP contribution in [0.2, 0.25) is 0 Å². The normalized spacial score (nSPS) is 11.4. The zero-order valence-electron chi connectivity index (χ0n) is 18.6. The Morgan fingerprint density at radius 1 is 1.03 bits per heavy atom. The molecule has 0 fully saturated rings. The molecule has 4 aromatic rings. The van der Waals surface area contributed by atoms with Crippen molar-refractivity contribution in [2.75, 3.05) is 39.2 Å². The number of hydrogen-bond donors (Lipinski definition) is 0. The van der Waals surface area contributed by atoms with Crippen molar-refractivity contribution in [1.82, 2.24) is 9.88 Å². The summed E-state index contributed by atoms with van der Waals surface area (Å²) >= 11 is 1.56. The quantitative estimate of drug-likeness (QED) is 0.415. The number of fused-ring (bicyclic) bond motifs is 2. The molecule has 31 heavy (non-hydrogen) atoms. The number of anilines is 1. The average molecular weight is 434 g/mol. The van der Waals surface area contributed by atoms with Gasteiger partial charge in [-0.05, 0) is 68.0 Å². The predicted molar refractivity (Wildman–Crippen MR) is 130 cm³/mol. The van der Waals surface area contributed by atoms with Crippen LogP contribution in [0.4, 0.5) is 5.13 Å². The second-order valence-electron chi connectivity index (χ2n) is 8.08. The van der Waals surface area contributed by atoms with Gasteiger partial charge < -0.3 is 9.64 Å². The van der Waals surface area contributed by atoms with Crippen LogP contribution in [0.15, 0.2) is 48.5 Å². The highest BCUT2D eigenvalue weighted by Crippen LogP contribution is 2.34. The van der Waals surface area contributed by atoms with Crippen LogP contribution in [0.1, 0.15) is 21.5 Å². The number of aryl methyl sites for hydroxylation is 2. The minimum Gasteiger partial charge on any atom is -0.496 e. The van der Waals surface area contributed by atoms with Gasteiger partial charge in [0.1, 0.15) is 5.75 Å². The molecule has 0 saturated heterocycles. The Morgan fingerprint density at radius 2 is 1.74 bits per heavy atom. The molecule has 0 aliphatic heterocycles. The third kappa shape index (κ3) is 4.27. The van der Waals surface area contributed by atoms with Crippen LogP contribution in [-0.2, 0) is 0 Å². The van der Waals surface area contributed by atoms with E-state index in [2.05, 4.69) is 30.9 Å². The van der Waals surface area contributed by atoms with Gasteiger partial charge in [0.25, 0.3) is 5.91 Å². The fourth-order valence-corrected chi connectivity index (χ4v) is 4.93. The molecule has 0 atom stereocenters. The van der Waals surface area contributed by atoms with Crippen molar-refractivity contribution < 1.29 is 9.53 Å². The first kappa shape index (κ1) is 21.3. The van der Waals surface area contributed by atoms with Crippen molar-refractivity contribution in [3.8, 4) is 5.75 Å². The van der Waals surface area contributed by atoms with Crippen LogP contribution in [0.25, 0.3) is 21.0 Å². The Bertz CT molecular complexity index is 1260. The molecule has 1 amide bonds. The summed E-state index contributed by atoms with van der Waals surface area (Å²) in [7, 11) is 5.62. The molecule has 1 heterocycles. The van der Waals surface area contributed by atoms with E-state index in [0.717, 1.165) is 33.1 Å². The Hall–Kier alpha value is -2.96. The van der Waals surface area contributed by atoms with Crippen LogP contribution in [-0.4, -0.2) is 50.1 Å². The highest BCUT2D eigenvalue weighted by molar-refractivity contribution is 7.22. The standard InChI is InChI=1S/C25H27N3O2S/c1-16-12-17(2)23-22(13-16)31-25(26-23)28(11-10-27(3)4)24(29)20-14-18-8-6-7-9-19(18)15-21(20)30-5/h6-9,12-15H,10-11H2,1-5H3.